The molecular formula is C16H14FN3O. The van der Waals surface area contributed by atoms with Crippen molar-refractivity contribution in [3.8, 4) is 11.5 Å². The van der Waals surface area contributed by atoms with E-state index in [1.54, 1.807) is 12.1 Å². The maximum Gasteiger partial charge on any atom is 0.258 e. The van der Waals surface area contributed by atoms with Crippen molar-refractivity contribution < 1.29 is 8.91 Å². The van der Waals surface area contributed by atoms with Crippen molar-refractivity contribution in [1.29, 1.82) is 0 Å². The van der Waals surface area contributed by atoms with Crippen LogP contribution in [0.5, 0.6) is 0 Å². The number of aromatic nitrogens is 2. The molecule has 0 aliphatic heterocycles. The summed E-state index contributed by atoms with van der Waals surface area (Å²) in [6.07, 6.45) is 0.491. The first-order valence-corrected chi connectivity index (χ1v) is 6.55. The van der Waals surface area contributed by atoms with Crippen LogP contribution >= 0.6 is 0 Å². The molecule has 3 rings (SSSR count). The Kier molecular flexibility index (Phi) is 3.39. The quantitative estimate of drug-likeness (QED) is 0.748. The lowest BCUT2D eigenvalue weighted by atomic mass is 10.1. The maximum absolute atomic E-state index is 12.9. The highest BCUT2D eigenvalue weighted by molar-refractivity contribution is 5.62. The van der Waals surface area contributed by atoms with Gasteiger partial charge in [-0.15, -0.1) is 0 Å². The molecule has 0 aliphatic rings. The van der Waals surface area contributed by atoms with E-state index in [4.69, 9.17) is 10.3 Å². The molecule has 21 heavy (non-hydrogen) atoms. The van der Waals surface area contributed by atoms with E-state index in [-0.39, 0.29) is 5.82 Å². The fourth-order valence-electron chi connectivity index (χ4n) is 2.00. The van der Waals surface area contributed by atoms with Crippen molar-refractivity contribution >= 4 is 5.69 Å². The lowest BCUT2D eigenvalue weighted by Crippen LogP contribution is -1.92. The Morgan fingerprint density at radius 1 is 1.14 bits per heavy atom. The smallest absolute Gasteiger partial charge is 0.258 e. The molecule has 0 aliphatic carbocycles. The number of nitrogen functional groups attached to an aromatic ring is 1. The molecule has 0 amide bonds. The Balaban J connectivity index is 1.82. The number of aryl methyl sites for hydroxylation is 1. The SMILES string of the molecule is Cc1ccc(-c2nc(Cc3ccc(F)cc3)no2)cc1N. The van der Waals surface area contributed by atoms with Gasteiger partial charge in [-0.25, -0.2) is 4.39 Å². The van der Waals surface area contributed by atoms with Gasteiger partial charge in [0.05, 0.1) is 0 Å². The first-order chi connectivity index (χ1) is 10.1. The third-order valence-electron chi connectivity index (χ3n) is 3.27. The van der Waals surface area contributed by atoms with E-state index in [1.807, 2.05) is 25.1 Å². The van der Waals surface area contributed by atoms with Gasteiger partial charge in [-0.3, -0.25) is 0 Å². The van der Waals surface area contributed by atoms with Crippen LogP contribution in [-0.2, 0) is 6.42 Å². The number of halogens is 1. The Morgan fingerprint density at radius 3 is 2.62 bits per heavy atom. The van der Waals surface area contributed by atoms with Gasteiger partial charge in [-0.05, 0) is 42.3 Å². The second kappa shape index (κ2) is 5.36. The minimum atomic E-state index is -0.261. The van der Waals surface area contributed by atoms with E-state index in [2.05, 4.69) is 10.1 Å². The standard InChI is InChI=1S/C16H14FN3O/c1-10-2-5-12(9-14(10)18)16-19-15(20-21-16)8-11-3-6-13(17)7-4-11/h2-7,9H,8,18H2,1H3. The minimum absolute atomic E-state index is 0.261. The van der Waals surface area contributed by atoms with Crippen LogP contribution in [0.2, 0.25) is 0 Å². The molecule has 3 aromatic rings. The molecule has 106 valence electrons. The van der Waals surface area contributed by atoms with Crippen LogP contribution in [0.25, 0.3) is 11.5 Å². The van der Waals surface area contributed by atoms with Gasteiger partial charge in [-0.1, -0.05) is 23.4 Å². The molecule has 4 nitrogen and oxygen atoms in total. The van der Waals surface area contributed by atoms with E-state index < -0.39 is 0 Å². The number of nitrogens with two attached hydrogens (primary N) is 1. The summed E-state index contributed by atoms with van der Waals surface area (Å²) in [6, 6.07) is 11.8. The molecule has 2 N–H and O–H groups in total. The van der Waals surface area contributed by atoms with Gasteiger partial charge in [-0.2, -0.15) is 4.98 Å². The number of benzene rings is 2. The lowest BCUT2D eigenvalue weighted by Gasteiger charge is -2.00. The molecule has 0 bridgehead atoms. The van der Waals surface area contributed by atoms with Gasteiger partial charge in [0.1, 0.15) is 5.82 Å². The molecule has 0 spiro atoms. The van der Waals surface area contributed by atoms with Crippen LogP contribution in [0.1, 0.15) is 17.0 Å². The Bertz CT molecular complexity index is 765. The summed E-state index contributed by atoms with van der Waals surface area (Å²) in [4.78, 5) is 4.34. The van der Waals surface area contributed by atoms with Crippen LogP contribution in [0.4, 0.5) is 10.1 Å². The number of nitrogens with zero attached hydrogens (tertiary/aromatic N) is 2. The Labute approximate surface area is 121 Å². The molecule has 5 heteroatoms. The third-order valence-corrected chi connectivity index (χ3v) is 3.27. The molecule has 0 atom stereocenters. The third kappa shape index (κ3) is 2.91. The average Bonchev–Trinajstić information content (AvgIpc) is 2.93. The predicted octanol–water partition coefficient (Wildman–Crippen LogP) is 3.36. The molecule has 0 fully saturated rings. The van der Waals surface area contributed by atoms with Gasteiger partial charge < -0.3 is 10.3 Å². The minimum Gasteiger partial charge on any atom is -0.398 e. The highest BCUT2D eigenvalue weighted by atomic mass is 19.1. The fourth-order valence-corrected chi connectivity index (χ4v) is 2.00. The largest absolute Gasteiger partial charge is 0.398 e. The van der Waals surface area contributed by atoms with Gasteiger partial charge in [0.15, 0.2) is 5.82 Å². The summed E-state index contributed by atoms with van der Waals surface area (Å²) in [5.41, 5.74) is 9.28. The van der Waals surface area contributed by atoms with Crippen LogP contribution in [0.15, 0.2) is 47.0 Å². The molecule has 0 unspecified atom stereocenters. The van der Waals surface area contributed by atoms with Gasteiger partial charge in [0, 0.05) is 17.7 Å². The van der Waals surface area contributed by atoms with Gasteiger partial charge in [0.25, 0.3) is 5.89 Å². The monoisotopic (exact) mass is 283 g/mol. The molecule has 0 radical (unpaired) electrons. The van der Waals surface area contributed by atoms with Crippen molar-refractivity contribution in [2.75, 3.05) is 5.73 Å². The predicted molar refractivity (Wildman–Crippen MR) is 78.1 cm³/mol. The van der Waals surface area contributed by atoms with Crippen LogP contribution in [0, 0.1) is 12.7 Å². The van der Waals surface area contributed by atoms with E-state index in [0.717, 1.165) is 16.7 Å². The number of hydrogen-bond donors (Lipinski definition) is 1. The topological polar surface area (TPSA) is 64.9 Å². The van der Waals surface area contributed by atoms with Crippen molar-refractivity contribution in [3.63, 3.8) is 0 Å². The molecular weight excluding hydrogens is 269 g/mol. The number of rotatable bonds is 3. The van der Waals surface area contributed by atoms with E-state index in [9.17, 15) is 4.39 Å². The van der Waals surface area contributed by atoms with Crippen molar-refractivity contribution in [1.82, 2.24) is 10.1 Å². The number of hydrogen-bond acceptors (Lipinski definition) is 4. The summed E-state index contributed by atoms with van der Waals surface area (Å²) >= 11 is 0. The molecule has 1 heterocycles. The van der Waals surface area contributed by atoms with E-state index in [1.165, 1.54) is 12.1 Å². The lowest BCUT2D eigenvalue weighted by molar-refractivity contribution is 0.424. The number of anilines is 1. The molecule has 1 aromatic heterocycles. The molecule has 2 aromatic carbocycles. The highest BCUT2D eigenvalue weighted by Gasteiger charge is 2.10. The summed E-state index contributed by atoms with van der Waals surface area (Å²) in [7, 11) is 0. The summed E-state index contributed by atoms with van der Waals surface area (Å²) in [5, 5.41) is 3.94. The average molecular weight is 283 g/mol. The van der Waals surface area contributed by atoms with Gasteiger partial charge >= 0.3 is 0 Å². The summed E-state index contributed by atoms with van der Waals surface area (Å²) in [5.74, 6) is 0.720. The van der Waals surface area contributed by atoms with Crippen LogP contribution in [-0.4, -0.2) is 10.1 Å². The van der Waals surface area contributed by atoms with Crippen molar-refractivity contribution in [2.45, 2.75) is 13.3 Å². The fraction of sp³-hybridized carbons (Fsp3) is 0.125. The van der Waals surface area contributed by atoms with Gasteiger partial charge in [0.2, 0.25) is 0 Å². The second-order valence-corrected chi connectivity index (χ2v) is 4.89. The van der Waals surface area contributed by atoms with Crippen LogP contribution < -0.4 is 5.73 Å². The second-order valence-electron chi connectivity index (χ2n) is 4.89. The van der Waals surface area contributed by atoms with Crippen molar-refractivity contribution in [3.05, 3.63) is 65.2 Å². The molecule has 0 saturated carbocycles. The van der Waals surface area contributed by atoms with Crippen LogP contribution in [0.3, 0.4) is 0 Å². The molecule has 0 saturated heterocycles. The van der Waals surface area contributed by atoms with Crippen molar-refractivity contribution in [2.24, 2.45) is 0 Å². The normalized spacial score (nSPS) is 10.8. The maximum atomic E-state index is 12.9. The first-order valence-electron chi connectivity index (χ1n) is 6.55. The summed E-state index contributed by atoms with van der Waals surface area (Å²) in [6.45, 7) is 1.94. The Hall–Kier alpha value is -2.69. The first kappa shape index (κ1) is 13.3. The Morgan fingerprint density at radius 2 is 1.90 bits per heavy atom. The highest BCUT2D eigenvalue weighted by Crippen LogP contribution is 2.22. The van der Waals surface area contributed by atoms with E-state index >= 15 is 0 Å². The zero-order valence-electron chi connectivity index (χ0n) is 11.5. The zero-order valence-corrected chi connectivity index (χ0v) is 11.5. The summed E-state index contributed by atoms with van der Waals surface area (Å²) < 4.78 is 18.1. The zero-order chi connectivity index (χ0) is 14.8. The van der Waals surface area contributed by atoms with E-state index in [0.29, 0.717) is 23.8 Å².